The zero-order valence-electron chi connectivity index (χ0n) is 16.2. The Kier molecular flexibility index (Phi) is 6.35. The van der Waals surface area contributed by atoms with E-state index < -0.39 is 22.9 Å². The maximum absolute atomic E-state index is 12.9. The topological polar surface area (TPSA) is 73.0 Å². The van der Waals surface area contributed by atoms with Gasteiger partial charge in [0.15, 0.2) is 11.0 Å². The summed E-state index contributed by atoms with van der Waals surface area (Å²) >= 11 is 1.15. The minimum absolute atomic E-state index is 0.0737. The lowest BCUT2D eigenvalue weighted by molar-refractivity contribution is -0.137. The summed E-state index contributed by atoms with van der Waals surface area (Å²) in [5.41, 5.74) is 0.0215. The second-order valence-corrected chi connectivity index (χ2v) is 7.73. The fourth-order valence-corrected chi connectivity index (χ4v) is 3.57. The Labute approximate surface area is 175 Å². The molecule has 1 N–H and O–H groups in total. The molecule has 0 aliphatic heterocycles. The molecule has 1 amide bonds. The molecule has 10 heteroatoms. The van der Waals surface area contributed by atoms with E-state index >= 15 is 0 Å². The maximum atomic E-state index is 12.9. The quantitative estimate of drug-likeness (QED) is 0.409. The average molecular weight is 436 g/mol. The molecule has 3 aromatic rings. The highest BCUT2D eigenvalue weighted by Crippen LogP contribution is 2.32. The van der Waals surface area contributed by atoms with Gasteiger partial charge in [-0.05, 0) is 38.1 Å². The van der Waals surface area contributed by atoms with E-state index in [0.29, 0.717) is 23.3 Å². The highest BCUT2D eigenvalue weighted by Gasteiger charge is 2.30. The van der Waals surface area contributed by atoms with Crippen molar-refractivity contribution in [1.82, 2.24) is 14.8 Å². The van der Waals surface area contributed by atoms with Gasteiger partial charge in [-0.25, -0.2) is 0 Å². The fourth-order valence-electron chi connectivity index (χ4n) is 2.71. The van der Waals surface area contributed by atoms with Crippen LogP contribution in [0.4, 0.5) is 18.9 Å². The van der Waals surface area contributed by atoms with Crippen LogP contribution in [-0.4, -0.2) is 25.9 Å². The molecule has 0 spiro atoms. The molecular weight excluding hydrogens is 417 g/mol. The summed E-state index contributed by atoms with van der Waals surface area (Å²) in [7, 11) is 0. The minimum atomic E-state index is -4.48. The maximum Gasteiger partial charge on any atom is 0.416 e. The number of furan rings is 1. The van der Waals surface area contributed by atoms with Gasteiger partial charge in [-0.2, -0.15) is 13.2 Å². The van der Waals surface area contributed by atoms with Crippen LogP contribution in [0.15, 0.2) is 58.8 Å². The van der Waals surface area contributed by atoms with E-state index in [1.54, 1.807) is 36.8 Å². The number of aromatic nitrogens is 3. The van der Waals surface area contributed by atoms with Crippen molar-refractivity contribution in [3.63, 3.8) is 0 Å². The van der Waals surface area contributed by atoms with Crippen LogP contribution < -0.4 is 5.32 Å². The van der Waals surface area contributed by atoms with Crippen molar-refractivity contribution in [2.45, 2.75) is 37.0 Å². The molecule has 0 bridgehead atoms. The first-order valence-electron chi connectivity index (χ1n) is 8.94. The number of allylic oxidation sites excluding steroid dienone is 1. The Morgan fingerprint density at radius 2 is 2.13 bits per heavy atom. The summed E-state index contributed by atoms with van der Waals surface area (Å²) < 4.78 is 45.7. The van der Waals surface area contributed by atoms with Gasteiger partial charge in [0.2, 0.25) is 5.91 Å². The summed E-state index contributed by atoms with van der Waals surface area (Å²) in [6, 6.07) is 6.28. The number of amides is 1. The highest BCUT2D eigenvalue weighted by molar-refractivity contribution is 8.00. The molecule has 2 heterocycles. The molecule has 30 heavy (non-hydrogen) atoms. The Bertz CT molecular complexity index is 1060. The van der Waals surface area contributed by atoms with Gasteiger partial charge in [-0.1, -0.05) is 23.9 Å². The molecule has 0 aliphatic rings. The average Bonchev–Trinajstić information content (AvgIpc) is 3.27. The molecule has 1 aromatic carbocycles. The van der Waals surface area contributed by atoms with Crippen molar-refractivity contribution < 1.29 is 22.4 Å². The van der Waals surface area contributed by atoms with E-state index in [-0.39, 0.29) is 5.69 Å². The van der Waals surface area contributed by atoms with Crippen molar-refractivity contribution in [2.24, 2.45) is 0 Å². The monoisotopic (exact) mass is 436 g/mol. The van der Waals surface area contributed by atoms with Gasteiger partial charge in [0, 0.05) is 12.2 Å². The number of hydrogen-bond donors (Lipinski definition) is 1. The Morgan fingerprint density at radius 1 is 1.37 bits per heavy atom. The Balaban J connectivity index is 1.77. The number of aryl methyl sites for hydroxylation is 1. The van der Waals surface area contributed by atoms with Crippen molar-refractivity contribution in [2.75, 3.05) is 5.32 Å². The first-order chi connectivity index (χ1) is 14.2. The number of benzene rings is 1. The largest absolute Gasteiger partial charge is 0.469 e. The van der Waals surface area contributed by atoms with Gasteiger partial charge in [0.25, 0.3) is 0 Å². The van der Waals surface area contributed by atoms with Crippen LogP contribution in [0.5, 0.6) is 0 Å². The number of hydrogen-bond acceptors (Lipinski definition) is 5. The van der Waals surface area contributed by atoms with E-state index in [9.17, 15) is 18.0 Å². The lowest BCUT2D eigenvalue weighted by atomic mass is 10.2. The summed E-state index contributed by atoms with van der Waals surface area (Å²) in [5, 5.41) is 10.7. The summed E-state index contributed by atoms with van der Waals surface area (Å²) in [6.45, 7) is 7.60. The number of alkyl halides is 3. The second kappa shape index (κ2) is 8.78. The van der Waals surface area contributed by atoms with Crippen molar-refractivity contribution in [3.8, 4) is 11.4 Å². The normalized spacial score (nSPS) is 12.6. The molecule has 3 rings (SSSR count). The molecule has 6 nitrogen and oxygen atoms in total. The molecule has 0 unspecified atom stereocenters. The van der Waals surface area contributed by atoms with Crippen LogP contribution in [-0.2, 0) is 17.5 Å². The Morgan fingerprint density at radius 3 is 2.77 bits per heavy atom. The predicted molar refractivity (Wildman–Crippen MR) is 108 cm³/mol. The lowest BCUT2D eigenvalue weighted by Crippen LogP contribution is -2.23. The van der Waals surface area contributed by atoms with E-state index in [2.05, 4.69) is 22.1 Å². The number of anilines is 1. The number of rotatable bonds is 7. The van der Waals surface area contributed by atoms with E-state index in [1.165, 1.54) is 12.1 Å². The van der Waals surface area contributed by atoms with E-state index in [0.717, 1.165) is 29.5 Å². The molecule has 0 saturated heterocycles. The smallest absolute Gasteiger partial charge is 0.416 e. The molecule has 0 aliphatic carbocycles. The van der Waals surface area contributed by atoms with Crippen LogP contribution in [0.2, 0.25) is 0 Å². The van der Waals surface area contributed by atoms with Crippen LogP contribution in [0, 0.1) is 6.92 Å². The van der Waals surface area contributed by atoms with Gasteiger partial charge < -0.3 is 9.73 Å². The molecule has 1 atom stereocenters. The van der Waals surface area contributed by atoms with Crippen LogP contribution in [0.3, 0.4) is 0 Å². The zero-order valence-corrected chi connectivity index (χ0v) is 17.0. The summed E-state index contributed by atoms with van der Waals surface area (Å²) in [4.78, 5) is 12.5. The van der Waals surface area contributed by atoms with Gasteiger partial charge in [0.1, 0.15) is 5.76 Å². The van der Waals surface area contributed by atoms with Crippen molar-refractivity contribution in [1.29, 1.82) is 0 Å². The fraction of sp³-hybridized carbons (Fsp3) is 0.250. The van der Waals surface area contributed by atoms with Gasteiger partial charge >= 0.3 is 6.18 Å². The lowest BCUT2D eigenvalue weighted by Gasteiger charge is -2.14. The van der Waals surface area contributed by atoms with Gasteiger partial charge in [-0.3, -0.25) is 9.36 Å². The predicted octanol–water partition coefficient (Wildman–Crippen LogP) is 5.17. The number of carbonyl (C=O) groups is 1. The van der Waals surface area contributed by atoms with Crippen molar-refractivity contribution in [3.05, 3.63) is 60.6 Å². The highest BCUT2D eigenvalue weighted by atomic mass is 32.2. The van der Waals surface area contributed by atoms with Crippen LogP contribution in [0.1, 0.15) is 18.2 Å². The standard InChI is InChI=1S/C20H19F3N4O2S/c1-4-9-27-17(16-8-10-29-12(16)2)25-26-19(27)30-13(3)18(28)24-15-7-5-6-14(11-15)20(21,22)23/h4-8,10-11,13H,1,9H2,2-3H3,(H,24,28)/t13-/m0/s1. The minimum Gasteiger partial charge on any atom is -0.469 e. The SMILES string of the molecule is C=CCn1c(S[C@@H](C)C(=O)Nc2cccc(C(F)(F)F)c2)nnc1-c1ccoc1C. The van der Waals surface area contributed by atoms with Gasteiger partial charge in [0.05, 0.1) is 22.6 Å². The number of nitrogens with one attached hydrogen (secondary N) is 1. The molecule has 0 saturated carbocycles. The summed E-state index contributed by atoms with van der Waals surface area (Å²) in [6.07, 6.45) is -1.25. The Hall–Kier alpha value is -3.01. The van der Waals surface area contributed by atoms with Crippen LogP contribution >= 0.6 is 11.8 Å². The third-order valence-electron chi connectivity index (χ3n) is 4.24. The third-order valence-corrected chi connectivity index (χ3v) is 5.32. The zero-order chi connectivity index (χ0) is 21.9. The number of halogens is 3. The van der Waals surface area contributed by atoms with E-state index in [1.807, 2.05) is 0 Å². The van der Waals surface area contributed by atoms with Crippen molar-refractivity contribution >= 4 is 23.4 Å². The van der Waals surface area contributed by atoms with E-state index in [4.69, 9.17) is 4.42 Å². The molecule has 2 aromatic heterocycles. The van der Waals surface area contributed by atoms with Gasteiger partial charge in [-0.15, -0.1) is 16.8 Å². The first kappa shape index (κ1) is 21.7. The van der Waals surface area contributed by atoms with Crippen LogP contribution in [0.25, 0.3) is 11.4 Å². The summed E-state index contributed by atoms with van der Waals surface area (Å²) in [5.74, 6) is 0.808. The second-order valence-electron chi connectivity index (χ2n) is 6.42. The molecule has 158 valence electrons. The molecule has 0 radical (unpaired) electrons. The number of nitrogens with zero attached hydrogens (tertiary/aromatic N) is 3. The third kappa shape index (κ3) is 4.76. The molecular formula is C20H19F3N4O2S. The number of thioether (sulfide) groups is 1. The number of carbonyl (C=O) groups excluding carboxylic acids is 1. The molecule has 0 fully saturated rings. The first-order valence-corrected chi connectivity index (χ1v) is 9.82.